The summed E-state index contributed by atoms with van der Waals surface area (Å²) in [7, 11) is 0. The summed E-state index contributed by atoms with van der Waals surface area (Å²) in [5.74, 6) is 0.853. The zero-order chi connectivity index (χ0) is 11.5. The van der Waals surface area contributed by atoms with Crippen molar-refractivity contribution in [3.63, 3.8) is 0 Å². The first kappa shape index (κ1) is 11.6. The predicted octanol–water partition coefficient (Wildman–Crippen LogP) is 4.34. The van der Waals surface area contributed by atoms with Gasteiger partial charge in [-0.3, -0.25) is 0 Å². The number of hydrogen-bond acceptors (Lipinski definition) is 3. The van der Waals surface area contributed by atoms with E-state index in [1.54, 1.807) is 24.3 Å². The molecule has 0 aliphatic rings. The summed E-state index contributed by atoms with van der Waals surface area (Å²) in [5, 5.41) is 0.797. The molecule has 0 amide bonds. The Labute approximate surface area is 111 Å². The van der Waals surface area contributed by atoms with Gasteiger partial charge in [0.25, 0.3) is 0 Å². The van der Waals surface area contributed by atoms with Crippen LogP contribution in [0.5, 0.6) is 11.6 Å². The van der Waals surface area contributed by atoms with Crippen LogP contribution in [-0.2, 0) is 0 Å². The number of halogens is 3. The first-order valence-electron chi connectivity index (χ1n) is 4.26. The van der Waals surface area contributed by atoms with Crippen LogP contribution in [0.3, 0.4) is 0 Å². The molecule has 0 spiro atoms. The normalized spacial score (nSPS) is 10.2. The largest absolute Gasteiger partial charge is 0.437 e. The van der Waals surface area contributed by atoms with Crippen molar-refractivity contribution in [2.45, 2.75) is 0 Å². The minimum absolute atomic E-state index is 0.360. The van der Waals surface area contributed by atoms with Crippen molar-refractivity contribution >= 4 is 39.1 Å². The van der Waals surface area contributed by atoms with Gasteiger partial charge in [-0.05, 0) is 28.1 Å². The molecule has 2 aromatic rings. The molecule has 1 heterocycles. The van der Waals surface area contributed by atoms with Gasteiger partial charge in [0.15, 0.2) is 0 Å². The van der Waals surface area contributed by atoms with E-state index in [1.807, 2.05) is 0 Å². The van der Waals surface area contributed by atoms with Gasteiger partial charge in [-0.15, -0.1) is 0 Å². The lowest BCUT2D eigenvalue weighted by atomic mass is 10.3. The van der Waals surface area contributed by atoms with Gasteiger partial charge in [-0.1, -0.05) is 29.3 Å². The number of rotatable bonds is 2. The Bertz CT molecular complexity index is 522. The monoisotopic (exact) mass is 318 g/mol. The Kier molecular flexibility index (Phi) is 3.63. The summed E-state index contributed by atoms with van der Waals surface area (Å²) in [6.45, 7) is 0. The number of ether oxygens (including phenoxy) is 1. The highest BCUT2D eigenvalue weighted by molar-refractivity contribution is 9.10. The van der Waals surface area contributed by atoms with E-state index >= 15 is 0 Å². The van der Waals surface area contributed by atoms with Crippen molar-refractivity contribution < 1.29 is 4.74 Å². The second-order valence-corrected chi connectivity index (χ2v) is 4.43. The number of hydrogen-bond donors (Lipinski definition) is 0. The lowest BCUT2D eigenvalue weighted by molar-refractivity contribution is 0.461. The van der Waals surface area contributed by atoms with E-state index in [1.165, 1.54) is 6.33 Å². The SMILES string of the molecule is Clc1cccc(Oc2cc(Br)ncn2)c1Cl. The molecule has 0 radical (unpaired) electrons. The van der Waals surface area contributed by atoms with Crippen molar-refractivity contribution in [3.8, 4) is 11.6 Å². The van der Waals surface area contributed by atoms with E-state index < -0.39 is 0 Å². The molecule has 0 aliphatic carbocycles. The maximum absolute atomic E-state index is 5.97. The van der Waals surface area contributed by atoms with Crippen molar-refractivity contribution in [2.24, 2.45) is 0 Å². The van der Waals surface area contributed by atoms with Crippen molar-refractivity contribution in [3.05, 3.63) is 45.2 Å². The molecule has 2 rings (SSSR count). The van der Waals surface area contributed by atoms with Crippen molar-refractivity contribution in [1.29, 1.82) is 0 Å². The Morgan fingerprint density at radius 3 is 2.75 bits per heavy atom. The third-order valence-electron chi connectivity index (χ3n) is 1.74. The minimum atomic E-state index is 0.360. The molecule has 0 N–H and O–H groups in total. The summed E-state index contributed by atoms with van der Waals surface area (Å²) >= 11 is 15.0. The third kappa shape index (κ3) is 2.64. The topological polar surface area (TPSA) is 35.0 Å². The molecule has 0 unspecified atom stereocenters. The molecule has 6 heteroatoms. The van der Waals surface area contributed by atoms with Crippen LogP contribution < -0.4 is 4.74 Å². The Balaban J connectivity index is 2.31. The fourth-order valence-corrected chi connectivity index (χ4v) is 1.67. The minimum Gasteiger partial charge on any atom is -0.437 e. The van der Waals surface area contributed by atoms with Crippen LogP contribution in [0.15, 0.2) is 35.2 Å². The molecular weight excluding hydrogens is 315 g/mol. The molecule has 0 saturated carbocycles. The number of benzene rings is 1. The summed E-state index contributed by atoms with van der Waals surface area (Å²) in [6, 6.07) is 6.79. The third-order valence-corrected chi connectivity index (χ3v) is 2.97. The van der Waals surface area contributed by atoms with E-state index in [2.05, 4.69) is 25.9 Å². The van der Waals surface area contributed by atoms with E-state index in [9.17, 15) is 0 Å². The summed E-state index contributed by atoms with van der Waals surface area (Å²) in [4.78, 5) is 7.83. The van der Waals surface area contributed by atoms with Gasteiger partial charge in [-0.25, -0.2) is 9.97 Å². The van der Waals surface area contributed by atoms with Gasteiger partial charge in [0.1, 0.15) is 21.7 Å². The molecule has 1 aromatic heterocycles. The average Bonchev–Trinajstić information content (AvgIpc) is 2.25. The maximum atomic E-state index is 5.97. The average molecular weight is 320 g/mol. The summed E-state index contributed by atoms with van der Waals surface area (Å²) < 4.78 is 6.11. The molecule has 0 saturated heterocycles. The fourth-order valence-electron chi connectivity index (χ4n) is 1.05. The summed E-state index contributed by atoms with van der Waals surface area (Å²) in [5.41, 5.74) is 0. The van der Waals surface area contributed by atoms with Crippen LogP contribution in [0.25, 0.3) is 0 Å². The standard InChI is InChI=1S/C10H5BrCl2N2O/c11-8-4-9(15-5-14-8)16-7-3-1-2-6(12)10(7)13/h1-5H. The van der Waals surface area contributed by atoms with Crippen molar-refractivity contribution in [2.75, 3.05) is 0 Å². The first-order chi connectivity index (χ1) is 7.66. The quantitative estimate of drug-likeness (QED) is 0.772. The molecule has 82 valence electrons. The molecule has 0 aliphatic heterocycles. The van der Waals surface area contributed by atoms with E-state index in [0.717, 1.165) is 0 Å². The molecular formula is C10H5BrCl2N2O. The van der Waals surface area contributed by atoms with E-state index in [0.29, 0.717) is 26.3 Å². The van der Waals surface area contributed by atoms with E-state index in [4.69, 9.17) is 27.9 Å². The Morgan fingerprint density at radius 1 is 1.19 bits per heavy atom. The smallest absolute Gasteiger partial charge is 0.223 e. The van der Waals surface area contributed by atoms with Crippen molar-refractivity contribution in [1.82, 2.24) is 9.97 Å². The molecule has 0 bridgehead atoms. The van der Waals surface area contributed by atoms with Crippen LogP contribution in [-0.4, -0.2) is 9.97 Å². The van der Waals surface area contributed by atoms with Gasteiger partial charge in [-0.2, -0.15) is 0 Å². The highest BCUT2D eigenvalue weighted by Gasteiger charge is 2.07. The first-order valence-corrected chi connectivity index (χ1v) is 5.81. The molecule has 0 atom stereocenters. The summed E-state index contributed by atoms with van der Waals surface area (Å²) in [6.07, 6.45) is 1.39. The Morgan fingerprint density at radius 2 is 2.00 bits per heavy atom. The molecule has 16 heavy (non-hydrogen) atoms. The zero-order valence-corrected chi connectivity index (χ0v) is 10.9. The van der Waals surface area contributed by atoms with E-state index in [-0.39, 0.29) is 0 Å². The Hall–Kier alpha value is -0.840. The van der Waals surface area contributed by atoms with Gasteiger partial charge in [0.2, 0.25) is 5.88 Å². The van der Waals surface area contributed by atoms with Gasteiger partial charge in [0, 0.05) is 6.07 Å². The predicted molar refractivity (Wildman–Crippen MR) is 66.3 cm³/mol. The van der Waals surface area contributed by atoms with Gasteiger partial charge < -0.3 is 4.74 Å². The van der Waals surface area contributed by atoms with Crippen LogP contribution in [0.1, 0.15) is 0 Å². The lowest BCUT2D eigenvalue weighted by Crippen LogP contribution is -1.89. The van der Waals surface area contributed by atoms with Gasteiger partial charge >= 0.3 is 0 Å². The van der Waals surface area contributed by atoms with Crippen LogP contribution >= 0.6 is 39.1 Å². The zero-order valence-electron chi connectivity index (χ0n) is 7.82. The molecule has 1 aromatic carbocycles. The number of aromatic nitrogens is 2. The maximum Gasteiger partial charge on any atom is 0.223 e. The molecule has 0 fully saturated rings. The molecule has 3 nitrogen and oxygen atoms in total. The highest BCUT2D eigenvalue weighted by Crippen LogP contribution is 2.34. The van der Waals surface area contributed by atoms with Crippen LogP contribution in [0.4, 0.5) is 0 Å². The fraction of sp³-hybridized carbons (Fsp3) is 0. The second kappa shape index (κ2) is 4.99. The van der Waals surface area contributed by atoms with Crippen LogP contribution in [0, 0.1) is 0 Å². The van der Waals surface area contributed by atoms with Gasteiger partial charge in [0.05, 0.1) is 5.02 Å². The highest BCUT2D eigenvalue weighted by atomic mass is 79.9. The second-order valence-electron chi connectivity index (χ2n) is 2.83. The lowest BCUT2D eigenvalue weighted by Gasteiger charge is -2.06. The van der Waals surface area contributed by atoms with Crippen LogP contribution in [0.2, 0.25) is 10.0 Å². The number of nitrogens with zero attached hydrogens (tertiary/aromatic N) is 2.